The van der Waals surface area contributed by atoms with Crippen LogP contribution in [0.5, 0.6) is 0 Å². The maximum atomic E-state index is 2.46. The molecule has 0 aliphatic rings. The van der Waals surface area contributed by atoms with Crippen LogP contribution in [0.25, 0.3) is 0 Å². The average molecular weight is 355 g/mol. The first-order chi connectivity index (χ1) is 12.3. The molecule has 0 N–H and O–H groups in total. The number of nitrogens with zero attached hydrogens (tertiary/aromatic N) is 3. The van der Waals surface area contributed by atoms with Gasteiger partial charge in [0.1, 0.15) is 0 Å². The van der Waals surface area contributed by atoms with Crippen LogP contribution < -0.4 is 16.3 Å². The second kappa shape index (κ2) is 8.58. The van der Waals surface area contributed by atoms with Gasteiger partial charge in [-0.25, -0.2) is 0 Å². The van der Waals surface area contributed by atoms with Crippen LogP contribution in [0.2, 0.25) is 0 Å². The van der Waals surface area contributed by atoms with Crippen LogP contribution in [0.15, 0.2) is 55.0 Å². The van der Waals surface area contributed by atoms with Gasteiger partial charge in [0.05, 0.1) is 16.3 Å². The first-order valence-electron chi connectivity index (χ1n) is 9.55. The molecule has 0 fully saturated rings. The topological polar surface area (TPSA) is 14.8 Å². The van der Waals surface area contributed by atoms with Gasteiger partial charge in [0.25, 0.3) is 0 Å². The Morgan fingerprint density at radius 2 is 0.920 bits per heavy atom. The Morgan fingerprint density at radius 1 is 0.600 bits per heavy atom. The van der Waals surface area contributed by atoms with Gasteiger partial charge < -0.3 is 13.7 Å². The van der Waals surface area contributed by atoms with Crippen LogP contribution in [-0.4, -0.2) is 13.7 Å². The van der Waals surface area contributed by atoms with Crippen molar-refractivity contribution in [3.63, 3.8) is 0 Å². The normalized spacial score (nSPS) is 11.5. The Morgan fingerprint density at radius 3 is 1.20 bits per heavy atom. The zero-order chi connectivity index (χ0) is 17.6. The predicted octanol–water partition coefficient (Wildman–Crippen LogP) is 4.08. The zero-order valence-electron chi connectivity index (χ0n) is 15.7. The largest absolute Gasteiger partial charge is 0.347 e. The van der Waals surface area contributed by atoms with Crippen molar-refractivity contribution in [1.29, 1.82) is 0 Å². The highest BCUT2D eigenvalue weighted by molar-refractivity contribution is 7.79. The van der Waals surface area contributed by atoms with E-state index in [1.807, 2.05) is 0 Å². The lowest BCUT2D eigenvalue weighted by Crippen LogP contribution is -2.32. The Kier molecular flexibility index (Phi) is 6.20. The van der Waals surface area contributed by atoms with E-state index in [1.165, 1.54) is 16.3 Å². The Balaban J connectivity index is 2.12. The summed E-state index contributed by atoms with van der Waals surface area (Å²) in [5, 5.41) is 0. The fourth-order valence-corrected chi connectivity index (χ4v) is 6.15. The van der Waals surface area contributed by atoms with Crippen LogP contribution in [0.1, 0.15) is 40.0 Å². The fraction of sp³-hybridized carbons (Fsp3) is 0.429. The fourth-order valence-electron chi connectivity index (χ4n) is 3.47. The molecule has 0 atom stereocenters. The predicted molar refractivity (Wildman–Crippen MR) is 110 cm³/mol. The van der Waals surface area contributed by atoms with Crippen molar-refractivity contribution in [2.45, 2.75) is 59.7 Å². The van der Waals surface area contributed by atoms with Crippen LogP contribution >= 0.6 is 7.92 Å². The summed E-state index contributed by atoms with van der Waals surface area (Å²) in [4.78, 5) is 0. The summed E-state index contributed by atoms with van der Waals surface area (Å²) < 4.78 is 7.37. The molecule has 25 heavy (non-hydrogen) atoms. The Bertz CT molecular complexity index is 675. The van der Waals surface area contributed by atoms with Gasteiger partial charge in [-0.2, -0.15) is 0 Å². The molecule has 3 rings (SSSR count). The molecule has 134 valence electrons. The van der Waals surface area contributed by atoms with Gasteiger partial charge in [-0.05, 0) is 55.7 Å². The molecule has 3 aromatic rings. The van der Waals surface area contributed by atoms with Crippen molar-refractivity contribution in [1.82, 2.24) is 13.7 Å². The van der Waals surface area contributed by atoms with Gasteiger partial charge in [0, 0.05) is 46.1 Å². The van der Waals surface area contributed by atoms with Crippen LogP contribution in [0.4, 0.5) is 0 Å². The van der Waals surface area contributed by atoms with Gasteiger partial charge in [0.15, 0.2) is 0 Å². The zero-order valence-corrected chi connectivity index (χ0v) is 16.6. The maximum Gasteiger partial charge on any atom is 0.0532 e. The second-order valence-corrected chi connectivity index (χ2v) is 8.56. The minimum absolute atomic E-state index is 0.543. The number of aryl methyl sites for hydroxylation is 3. The van der Waals surface area contributed by atoms with Gasteiger partial charge in [-0.3, -0.25) is 0 Å². The SMILES string of the molecule is CCCn1cccc1P(c1cccn1CCC)c1cccn1CCC. The molecule has 0 unspecified atom stereocenters. The molecule has 3 nitrogen and oxygen atoms in total. The Labute approximate surface area is 153 Å². The van der Waals surface area contributed by atoms with E-state index in [9.17, 15) is 0 Å². The molecule has 0 bridgehead atoms. The van der Waals surface area contributed by atoms with Crippen molar-refractivity contribution < 1.29 is 0 Å². The van der Waals surface area contributed by atoms with Gasteiger partial charge in [0.2, 0.25) is 0 Å². The molecule has 0 radical (unpaired) electrons. The minimum Gasteiger partial charge on any atom is -0.347 e. The van der Waals surface area contributed by atoms with Crippen molar-refractivity contribution >= 4 is 24.2 Å². The molecule has 3 aromatic heterocycles. The molecule has 0 amide bonds. The smallest absolute Gasteiger partial charge is 0.0532 e. The molecule has 3 heterocycles. The number of hydrogen-bond donors (Lipinski definition) is 0. The number of rotatable bonds is 9. The monoisotopic (exact) mass is 355 g/mol. The van der Waals surface area contributed by atoms with E-state index in [1.54, 1.807) is 0 Å². The summed E-state index contributed by atoms with van der Waals surface area (Å²) in [5.41, 5.74) is 4.39. The van der Waals surface area contributed by atoms with Gasteiger partial charge in [-0.1, -0.05) is 20.8 Å². The molecule has 0 aliphatic carbocycles. The van der Waals surface area contributed by atoms with E-state index in [2.05, 4.69) is 89.5 Å². The van der Waals surface area contributed by atoms with E-state index in [4.69, 9.17) is 0 Å². The lowest BCUT2D eigenvalue weighted by Gasteiger charge is -2.24. The molecular formula is C21H30N3P. The van der Waals surface area contributed by atoms with Gasteiger partial charge >= 0.3 is 0 Å². The Hall–Kier alpha value is -1.73. The standard InChI is InChI=1S/C21H30N3P/c1-4-13-22-16-7-10-19(22)25(20-11-8-17-23(20)14-5-2)21-12-9-18-24(21)15-6-3/h7-12,16-18H,4-6,13-15H2,1-3H3. The van der Waals surface area contributed by atoms with Crippen molar-refractivity contribution in [2.24, 2.45) is 0 Å². The maximum absolute atomic E-state index is 2.46. The third-order valence-electron chi connectivity index (χ3n) is 4.50. The molecule has 0 spiro atoms. The van der Waals surface area contributed by atoms with Crippen molar-refractivity contribution in [3.8, 4) is 0 Å². The minimum atomic E-state index is -0.543. The molecule has 4 heteroatoms. The molecule has 0 aliphatic heterocycles. The summed E-state index contributed by atoms with van der Waals surface area (Å²) in [7, 11) is -0.543. The van der Waals surface area contributed by atoms with E-state index in [0.29, 0.717) is 0 Å². The summed E-state index contributed by atoms with van der Waals surface area (Å²) in [6.45, 7) is 10.0. The van der Waals surface area contributed by atoms with E-state index < -0.39 is 7.92 Å². The van der Waals surface area contributed by atoms with Crippen LogP contribution in [0.3, 0.4) is 0 Å². The lowest BCUT2D eigenvalue weighted by molar-refractivity contribution is 0.690. The highest BCUT2D eigenvalue weighted by Crippen LogP contribution is 2.33. The molecule has 0 saturated carbocycles. The molecule has 0 saturated heterocycles. The summed E-state index contributed by atoms with van der Waals surface area (Å²) >= 11 is 0. The summed E-state index contributed by atoms with van der Waals surface area (Å²) in [5.74, 6) is 0. The van der Waals surface area contributed by atoms with Crippen LogP contribution in [0, 0.1) is 0 Å². The first kappa shape index (κ1) is 18.1. The highest BCUT2D eigenvalue weighted by Gasteiger charge is 2.24. The molecule has 0 aromatic carbocycles. The quantitative estimate of drug-likeness (QED) is 0.514. The van der Waals surface area contributed by atoms with Crippen LogP contribution in [-0.2, 0) is 19.6 Å². The summed E-state index contributed by atoms with van der Waals surface area (Å²) in [6, 6.07) is 13.6. The highest BCUT2D eigenvalue weighted by atomic mass is 31.1. The van der Waals surface area contributed by atoms with Gasteiger partial charge in [-0.15, -0.1) is 0 Å². The van der Waals surface area contributed by atoms with E-state index in [0.717, 1.165) is 38.9 Å². The lowest BCUT2D eigenvalue weighted by atomic mass is 10.5. The first-order valence-corrected chi connectivity index (χ1v) is 10.9. The second-order valence-electron chi connectivity index (χ2n) is 6.51. The third kappa shape index (κ3) is 3.77. The summed E-state index contributed by atoms with van der Waals surface area (Å²) in [6.07, 6.45) is 10.2. The molecular weight excluding hydrogens is 325 g/mol. The van der Waals surface area contributed by atoms with Crippen molar-refractivity contribution in [2.75, 3.05) is 0 Å². The number of aromatic nitrogens is 3. The van der Waals surface area contributed by atoms with Crippen molar-refractivity contribution in [3.05, 3.63) is 55.0 Å². The average Bonchev–Trinajstić information content (AvgIpc) is 3.33. The van der Waals surface area contributed by atoms with E-state index in [-0.39, 0.29) is 0 Å². The van der Waals surface area contributed by atoms with E-state index >= 15 is 0 Å². The number of hydrogen-bond acceptors (Lipinski definition) is 0. The third-order valence-corrected chi connectivity index (χ3v) is 7.09.